The Bertz CT molecular complexity index is 593. The van der Waals surface area contributed by atoms with Crippen LogP contribution in [0.25, 0.3) is 0 Å². The van der Waals surface area contributed by atoms with E-state index in [1.807, 2.05) is 36.4 Å². The molecule has 2 rings (SSSR count). The summed E-state index contributed by atoms with van der Waals surface area (Å²) in [6, 6.07) is 15.7. The van der Waals surface area contributed by atoms with E-state index in [0.717, 1.165) is 27.4 Å². The molecule has 0 aromatic heterocycles. The predicted octanol–water partition coefficient (Wildman–Crippen LogP) is 5.48. The molecule has 0 spiro atoms. The first-order valence-electron chi connectivity index (χ1n) is 6.92. The second-order valence-corrected chi connectivity index (χ2v) is 6.71. The van der Waals surface area contributed by atoms with Gasteiger partial charge in [0.1, 0.15) is 0 Å². The highest BCUT2D eigenvalue weighted by Gasteiger charge is 2.15. The van der Waals surface area contributed by atoms with Crippen LogP contribution in [0.3, 0.4) is 0 Å². The van der Waals surface area contributed by atoms with E-state index in [2.05, 4.69) is 56.2 Å². The van der Waals surface area contributed by atoms with Crippen molar-refractivity contribution in [3.05, 3.63) is 68.6 Å². The van der Waals surface area contributed by atoms with Gasteiger partial charge in [-0.1, -0.05) is 75.5 Å². The second kappa shape index (κ2) is 7.76. The van der Waals surface area contributed by atoms with E-state index >= 15 is 0 Å². The van der Waals surface area contributed by atoms with Crippen molar-refractivity contribution in [1.29, 1.82) is 0 Å². The van der Waals surface area contributed by atoms with Crippen LogP contribution >= 0.6 is 31.9 Å². The minimum absolute atomic E-state index is 0.0430. The molecule has 2 aromatic carbocycles. The highest BCUT2D eigenvalue weighted by atomic mass is 79.9. The molecule has 0 saturated heterocycles. The van der Waals surface area contributed by atoms with Crippen molar-refractivity contribution in [2.75, 3.05) is 0 Å². The van der Waals surface area contributed by atoms with Gasteiger partial charge < -0.3 is 5.32 Å². The maximum absolute atomic E-state index is 12.5. The minimum atomic E-state index is -0.0562. The van der Waals surface area contributed by atoms with Gasteiger partial charge >= 0.3 is 0 Å². The summed E-state index contributed by atoms with van der Waals surface area (Å²) >= 11 is 6.83. The zero-order valence-corrected chi connectivity index (χ0v) is 14.9. The lowest BCUT2D eigenvalue weighted by atomic mass is 10.0. The maximum Gasteiger partial charge on any atom is 0.251 e. The smallest absolute Gasteiger partial charge is 0.251 e. The Kier molecular flexibility index (Phi) is 6.00. The Balaban J connectivity index is 2.18. The van der Waals surface area contributed by atoms with Crippen LogP contribution in [-0.4, -0.2) is 5.91 Å². The molecule has 0 aliphatic rings. The number of hydrogen-bond acceptors (Lipinski definition) is 1. The van der Waals surface area contributed by atoms with Crippen LogP contribution in [0, 0.1) is 0 Å². The molecule has 21 heavy (non-hydrogen) atoms. The molecule has 0 heterocycles. The van der Waals surface area contributed by atoms with Crippen molar-refractivity contribution in [2.24, 2.45) is 0 Å². The van der Waals surface area contributed by atoms with Crippen LogP contribution in [0.2, 0.25) is 0 Å². The minimum Gasteiger partial charge on any atom is -0.345 e. The van der Waals surface area contributed by atoms with Crippen molar-refractivity contribution < 1.29 is 4.79 Å². The lowest BCUT2D eigenvalue weighted by Crippen LogP contribution is -2.28. The number of halogens is 2. The Morgan fingerprint density at radius 3 is 2.29 bits per heavy atom. The summed E-state index contributed by atoms with van der Waals surface area (Å²) in [6.07, 6.45) is 1.94. The quantitative estimate of drug-likeness (QED) is 0.694. The topological polar surface area (TPSA) is 29.1 Å². The number of hydrogen-bond donors (Lipinski definition) is 1. The number of benzene rings is 2. The molecule has 0 saturated carbocycles. The monoisotopic (exact) mass is 409 g/mol. The average molecular weight is 411 g/mol. The SMILES string of the molecule is CCCC(NC(=O)c1cc(Br)cc(Br)c1)c1ccccc1. The van der Waals surface area contributed by atoms with Crippen LogP contribution in [0.5, 0.6) is 0 Å². The van der Waals surface area contributed by atoms with Crippen molar-refractivity contribution >= 4 is 37.8 Å². The van der Waals surface area contributed by atoms with E-state index in [0.29, 0.717) is 5.56 Å². The normalized spacial score (nSPS) is 12.0. The molecule has 0 fully saturated rings. The van der Waals surface area contributed by atoms with Gasteiger partial charge in [0, 0.05) is 14.5 Å². The fraction of sp³-hybridized carbons (Fsp3) is 0.235. The van der Waals surface area contributed by atoms with Gasteiger partial charge in [-0.25, -0.2) is 0 Å². The van der Waals surface area contributed by atoms with E-state index in [-0.39, 0.29) is 11.9 Å². The van der Waals surface area contributed by atoms with Crippen LogP contribution in [0.1, 0.15) is 41.7 Å². The molecule has 0 radical (unpaired) electrons. The van der Waals surface area contributed by atoms with Gasteiger partial charge in [0.25, 0.3) is 5.91 Å². The number of nitrogens with one attached hydrogen (secondary N) is 1. The number of carbonyl (C=O) groups is 1. The molecule has 110 valence electrons. The molecular formula is C17H17Br2NO. The molecular weight excluding hydrogens is 394 g/mol. The summed E-state index contributed by atoms with van der Waals surface area (Å²) in [5.74, 6) is -0.0562. The van der Waals surface area contributed by atoms with Crippen LogP contribution in [-0.2, 0) is 0 Å². The summed E-state index contributed by atoms with van der Waals surface area (Å²) in [4.78, 5) is 12.5. The first-order chi connectivity index (χ1) is 10.1. The third kappa shape index (κ3) is 4.68. The Morgan fingerprint density at radius 2 is 1.71 bits per heavy atom. The van der Waals surface area contributed by atoms with Gasteiger partial charge in [-0.2, -0.15) is 0 Å². The van der Waals surface area contributed by atoms with Crippen molar-refractivity contribution in [3.63, 3.8) is 0 Å². The highest BCUT2D eigenvalue weighted by molar-refractivity contribution is 9.11. The Morgan fingerprint density at radius 1 is 1.10 bits per heavy atom. The molecule has 2 nitrogen and oxygen atoms in total. The number of rotatable bonds is 5. The van der Waals surface area contributed by atoms with Gasteiger partial charge in [0.05, 0.1) is 6.04 Å². The van der Waals surface area contributed by atoms with Crippen LogP contribution in [0.4, 0.5) is 0 Å². The molecule has 0 aliphatic carbocycles. The standard InChI is InChI=1S/C17H17Br2NO/c1-2-6-16(12-7-4-3-5-8-12)20-17(21)13-9-14(18)11-15(19)10-13/h3-5,7-11,16H,2,6H2,1H3,(H,20,21). The van der Waals surface area contributed by atoms with E-state index in [1.165, 1.54) is 0 Å². The van der Waals surface area contributed by atoms with Crippen LogP contribution in [0.15, 0.2) is 57.5 Å². The van der Waals surface area contributed by atoms with E-state index in [9.17, 15) is 4.79 Å². The Labute approximate surface area is 142 Å². The Hall–Kier alpha value is -1.13. The third-order valence-electron chi connectivity index (χ3n) is 3.21. The van der Waals surface area contributed by atoms with Gasteiger partial charge in [-0.05, 0) is 30.2 Å². The summed E-state index contributed by atoms with van der Waals surface area (Å²) in [6.45, 7) is 2.12. The molecule has 1 unspecified atom stereocenters. The van der Waals surface area contributed by atoms with E-state index in [4.69, 9.17) is 0 Å². The van der Waals surface area contributed by atoms with Gasteiger partial charge in [-0.3, -0.25) is 4.79 Å². The predicted molar refractivity (Wildman–Crippen MR) is 93.4 cm³/mol. The van der Waals surface area contributed by atoms with Gasteiger partial charge in [0.15, 0.2) is 0 Å². The molecule has 1 N–H and O–H groups in total. The third-order valence-corrected chi connectivity index (χ3v) is 4.13. The first-order valence-corrected chi connectivity index (χ1v) is 8.50. The number of carbonyl (C=O) groups excluding carboxylic acids is 1. The molecule has 4 heteroatoms. The summed E-state index contributed by atoms with van der Waals surface area (Å²) < 4.78 is 1.77. The van der Waals surface area contributed by atoms with Crippen molar-refractivity contribution in [1.82, 2.24) is 5.32 Å². The number of amides is 1. The first kappa shape index (κ1) is 16.2. The summed E-state index contributed by atoms with van der Waals surface area (Å²) in [5, 5.41) is 3.12. The largest absolute Gasteiger partial charge is 0.345 e. The van der Waals surface area contributed by atoms with E-state index < -0.39 is 0 Å². The lowest BCUT2D eigenvalue weighted by Gasteiger charge is -2.19. The van der Waals surface area contributed by atoms with Crippen LogP contribution < -0.4 is 5.32 Å². The van der Waals surface area contributed by atoms with E-state index in [1.54, 1.807) is 0 Å². The van der Waals surface area contributed by atoms with Crippen molar-refractivity contribution in [2.45, 2.75) is 25.8 Å². The molecule has 2 aromatic rings. The zero-order valence-electron chi connectivity index (χ0n) is 11.8. The summed E-state index contributed by atoms with van der Waals surface area (Å²) in [5.41, 5.74) is 1.79. The van der Waals surface area contributed by atoms with Crippen molar-refractivity contribution in [3.8, 4) is 0 Å². The summed E-state index contributed by atoms with van der Waals surface area (Å²) in [7, 11) is 0. The fourth-order valence-corrected chi connectivity index (χ4v) is 3.52. The molecule has 1 amide bonds. The molecule has 0 bridgehead atoms. The van der Waals surface area contributed by atoms with Gasteiger partial charge in [0.2, 0.25) is 0 Å². The highest BCUT2D eigenvalue weighted by Crippen LogP contribution is 2.22. The lowest BCUT2D eigenvalue weighted by molar-refractivity contribution is 0.0934. The van der Waals surface area contributed by atoms with Gasteiger partial charge in [-0.15, -0.1) is 0 Å². The zero-order chi connectivity index (χ0) is 15.2. The fourth-order valence-electron chi connectivity index (χ4n) is 2.22. The molecule has 1 atom stereocenters. The maximum atomic E-state index is 12.5. The second-order valence-electron chi connectivity index (χ2n) is 4.88. The molecule has 0 aliphatic heterocycles. The average Bonchev–Trinajstić information content (AvgIpc) is 2.46.